The van der Waals surface area contributed by atoms with E-state index in [1.54, 1.807) is 0 Å². The molecule has 3 rings (SSSR count). The Bertz CT molecular complexity index is 465. The van der Waals surface area contributed by atoms with Crippen LogP contribution in [0, 0.1) is 0 Å². The van der Waals surface area contributed by atoms with Crippen molar-refractivity contribution >= 4 is 0 Å². The SMILES string of the molecule is CC1(C)CN(C2(C)CCOCC2)C(c2ccccc2)CN1. The highest BCUT2D eigenvalue weighted by atomic mass is 16.5. The molecule has 1 aromatic carbocycles. The summed E-state index contributed by atoms with van der Waals surface area (Å²) in [5.41, 5.74) is 1.85. The van der Waals surface area contributed by atoms with Crippen molar-refractivity contribution in [3.8, 4) is 0 Å². The first kappa shape index (κ1) is 15.0. The molecule has 2 fully saturated rings. The fourth-order valence-corrected chi connectivity index (χ4v) is 3.71. The molecule has 3 nitrogen and oxygen atoms in total. The lowest BCUT2D eigenvalue weighted by Crippen LogP contribution is -2.64. The number of nitrogens with one attached hydrogen (secondary N) is 1. The van der Waals surface area contributed by atoms with Crippen LogP contribution in [0.4, 0.5) is 0 Å². The van der Waals surface area contributed by atoms with Crippen LogP contribution in [0.15, 0.2) is 30.3 Å². The van der Waals surface area contributed by atoms with Crippen LogP contribution in [-0.2, 0) is 4.74 Å². The first-order valence-corrected chi connectivity index (χ1v) is 8.15. The molecule has 0 saturated carbocycles. The van der Waals surface area contributed by atoms with Crippen molar-refractivity contribution in [1.29, 1.82) is 0 Å². The van der Waals surface area contributed by atoms with Gasteiger partial charge in [0.25, 0.3) is 0 Å². The van der Waals surface area contributed by atoms with E-state index in [1.165, 1.54) is 5.56 Å². The quantitative estimate of drug-likeness (QED) is 0.905. The predicted molar refractivity (Wildman–Crippen MR) is 86.4 cm³/mol. The fraction of sp³-hybridized carbons (Fsp3) is 0.667. The average Bonchev–Trinajstić information content (AvgIpc) is 2.48. The Morgan fingerprint density at radius 3 is 2.43 bits per heavy atom. The van der Waals surface area contributed by atoms with Gasteiger partial charge in [-0.25, -0.2) is 0 Å². The first-order chi connectivity index (χ1) is 10.0. The van der Waals surface area contributed by atoms with E-state index in [1.807, 2.05) is 0 Å². The Kier molecular flexibility index (Phi) is 4.08. The lowest BCUT2D eigenvalue weighted by Gasteiger charge is -2.54. The molecule has 0 amide bonds. The number of hydrogen-bond donors (Lipinski definition) is 1. The molecular formula is C18H28N2O. The minimum Gasteiger partial charge on any atom is -0.381 e. The van der Waals surface area contributed by atoms with Gasteiger partial charge in [-0.1, -0.05) is 30.3 Å². The van der Waals surface area contributed by atoms with Gasteiger partial charge in [0.1, 0.15) is 0 Å². The zero-order valence-electron chi connectivity index (χ0n) is 13.6. The van der Waals surface area contributed by atoms with Crippen LogP contribution >= 0.6 is 0 Å². The molecule has 2 heterocycles. The summed E-state index contributed by atoms with van der Waals surface area (Å²) in [4.78, 5) is 2.74. The van der Waals surface area contributed by atoms with Crippen molar-refractivity contribution in [3.05, 3.63) is 35.9 Å². The van der Waals surface area contributed by atoms with E-state index in [0.717, 1.165) is 39.1 Å². The van der Waals surface area contributed by atoms with E-state index < -0.39 is 0 Å². The zero-order valence-corrected chi connectivity index (χ0v) is 13.6. The second-order valence-corrected chi connectivity index (χ2v) is 7.43. The topological polar surface area (TPSA) is 24.5 Å². The summed E-state index contributed by atoms with van der Waals surface area (Å²) in [6.07, 6.45) is 2.26. The normalized spacial score (nSPS) is 29.2. The monoisotopic (exact) mass is 288 g/mol. The van der Waals surface area contributed by atoms with E-state index in [9.17, 15) is 0 Å². The van der Waals surface area contributed by atoms with Crippen LogP contribution in [0.3, 0.4) is 0 Å². The van der Waals surface area contributed by atoms with E-state index >= 15 is 0 Å². The van der Waals surface area contributed by atoms with Gasteiger partial charge in [-0.05, 0) is 39.2 Å². The van der Waals surface area contributed by atoms with Crippen molar-refractivity contribution in [2.45, 2.75) is 50.7 Å². The molecular weight excluding hydrogens is 260 g/mol. The highest BCUT2D eigenvalue weighted by molar-refractivity contribution is 5.22. The Morgan fingerprint density at radius 2 is 1.76 bits per heavy atom. The molecule has 0 aromatic heterocycles. The second kappa shape index (κ2) is 5.71. The molecule has 2 aliphatic heterocycles. The van der Waals surface area contributed by atoms with Gasteiger partial charge in [-0.2, -0.15) is 0 Å². The Morgan fingerprint density at radius 1 is 1.10 bits per heavy atom. The second-order valence-electron chi connectivity index (χ2n) is 7.43. The zero-order chi connectivity index (χ0) is 14.9. The molecule has 0 radical (unpaired) electrons. The Balaban J connectivity index is 1.90. The summed E-state index contributed by atoms with van der Waals surface area (Å²) in [5.74, 6) is 0. The van der Waals surface area contributed by atoms with Crippen molar-refractivity contribution in [3.63, 3.8) is 0 Å². The standard InChI is InChI=1S/C18H28N2O/c1-17(2)14-20(18(3)9-11-21-12-10-18)16(13-19-17)15-7-5-4-6-8-15/h4-8,16,19H,9-14H2,1-3H3. The molecule has 0 bridgehead atoms. The molecule has 2 saturated heterocycles. The van der Waals surface area contributed by atoms with Crippen LogP contribution in [0.2, 0.25) is 0 Å². The summed E-state index contributed by atoms with van der Waals surface area (Å²) in [6, 6.07) is 11.4. The van der Waals surface area contributed by atoms with Gasteiger partial charge in [0.15, 0.2) is 0 Å². The molecule has 1 aromatic rings. The third-order valence-corrected chi connectivity index (χ3v) is 5.16. The average molecular weight is 288 g/mol. The fourth-order valence-electron chi connectivity index (χ4n) is 3.71. The summed E-state index contributed by atoms with van der Waals surface area (Å²) >= 11 is 0. The summed E-state index contributed by atoms with van der Waals surface area (Å²) in [5, 5.41) is 3.72. The lowest BCUT2D eigenvalue weighted by atomic mass is 9.83. The number of hydrogen-bond acceptors (Lipinski definition) is 3. The molecule has 0 spiro atoms. The first-order valence-electron chi connectivity index (χ1n) is 8.15. The number of benzene rings is 1. The van der Waals surface area contributed by atoms with Gasteiger partial charge in [0.05, 0.1) is 0 Å². The maximum absolute atomic E-state index is 5.61. The molecule has 1 N–H and O–H groups in total. The Hall–Kier alpha value is -0.900. The van der Waals surface area contributed by atoms with Crippen LogP contribution < -0.4 is 5.32 Å². The number of ether oxygens (including phenoxy) is 1. The molecule has 1 atom stereocenters. The van der Waals surface area contributed by atoms with Gasteiger partial charge in [0, 0.05) is 43.4 Å². The molecule has 1 unspecified atom stereocenters. The smallest absolute Gasteiger partial charge is 0.0483 e. The predicted octanol–water partition coefficient (Wildman–Crippen LogP) is 2.98. The molecule has 21 heavy (non-hydrogen) atoms. The summed E-state index contributed by atoms with van der Waals surface area (Å²) in [7, 11) is 0. The van der Waals surface area contributed by atoms with Crippen molar-refractivity contribution in [1.82, 2.24) is 10.2 Å². The molecule has 3 heteroatoms. The van der Waals surface area contributed by atoms with Crippen LogP contribution in [0.5, 0.6) is 0 Å². The van der Waals surface area contributed by atoms with Crippen LogP contribution in [0.25, 0.3) is 0 Å². The largest absolute Gasteiger partial charge is 0.381 e. The van der Waals surface area contributed by atoms with Crippen LogP contribution in [-0.4, -0.2) is 42.3 Å². The van der Waals surface area contributed by atoms with E-state index in [0.29, 0.717) is 6.04 Å². The minimum atomic E-state index is 0.173. The molecule has 116 valence electrons. The van der Waals surface area contributed by atoms with Crippen LogP contribution in [0.1, 0.15) is 45.2 Å². The number of piperazine rings is 1. The number of nitrogens with zero attached hydrogens (tertiary/aromatic N) is 1. The molecule has 2 aliphatic rings. The van der Waals surface area contributed by atoms with E-state index in [2.05, 4.69) is 61.3 Å². The highest BCUT2D eigenvalue weighted by Gasteiger charge is 2.43. The lowest BCUT2D eigenvalue weighted by molar-refractivity contribution is -0.0640. The van der Waals surface area contributed by atoms with Crippen molar-refractivity contribution in [2.24, 2.45) is 0 Å². The van der Waals surface area contributed by atoms with Crippen molar-refractivity contribution in [2.75, 3.05) is 26.3 Å². The Labute approximate surface area is 128 Å². The van der Waals surface area contributed by atoms with E-state index in [-0.39, 0.29) is 11.1 Å². The minimum absolute atomic E-state index is 0.173. The number of rotatable bonds is 2. The highest BCUT2D eigenvalue weighted by Crippen LogP contribution is 2.38. The molecule has 0 aliphatic carbocycles. The summed E-state index contributed by atoms with van der Waals surface area (Å²) < 4.78 is 5.61. The van der Waals surface area contributed by atoms with Gasteiger partial charge in [0.2, 0.25) is 0 Å². The van der Waals surface area contributed by atoms with Gasteiger partial charge in [-0.15, -0.1) is 0 Å². The summed E-state index contributed by atoms with van der Waals surface area (Å²) in [6.45, 7) is 10.9. The maximum Gasteiger partial charge on any atom is 0.0483 e. The van der Waals surface area contributed by atoms with Gasteiger partial charge in [-0.3, -0.25) is 4.90 Å². The van der Waals surface area contributed by atoms with Gasteiger partial charge < -0.3 is 10.1 Å². The van der Waals surface area contributed by atoms with E-state index in [4.69, 9.17) is 4.74 Å². The van der Waals surface area contributed by atoms with Gasteiger partial charge >= 0.3 is 0 Å². The third-order valence-electron chi connectivity index (χ3n) is 5.16. The van der Waals surface area contributed by atoms with Crippen molar-refractivity contribution < 1.29 is 4.74 Å². The third kappa shape index (κ3) is 3.15. The maximum atomic E-state index is 5.61.